The predicted octanol–water partition coefficient (Wildman–Crippen LogP) is -0.853. The van der Waals surface area contributed by atoms with E-state index in [1.807, 2.05) is 0 Å². The van der Waals surface area contributed by atoms with Gasteiger partial charge in [-0.2, -0.15) is 0 Å². The van der Waals surface area contributed by atoms with E-state index < -0.39 is 0 Å². The Labute approximate surface area is 121 Å². The van der Waals surface area contributed by atoms with E-state index in [1.54, 1.807) is 14.2 Å². The van der Waals surface area contributed by atoms with Crippen LogP contribution in [0.4, 0.5) is 0 Å². The van der Waals surface area contributed by atoms with Gasteiger partial charge in [0.2, 0.25) is 0 Å². The highest BCUT2D eigenvalue weighted by atomic mass is 16.5. The van der Waals surface area contributed by atoms with Crippen LogP contribution >= 0.6 is 0 Å². The highest BCUT2D eigenvalue weighted by Crippen LogP contribution is 1.94. The normalized spacial score (nSPS) is 17.2. The van der Waals surface area contributed by atoms with Gasteiger partial charge in [-0.05, 0) is 0 Å². The molecule has 1 aliphatic rings. The molecule has 0 radical (unpaired) electrons. The van der Waals surface area contributed by atoms with E-state index in [2.05, 4.69) is 20.5 Å². The molecule has 0 atom stereocenters. The summed E-state index contributed by atoms with van der Waals surface area (Å²) in [5.41, 5.74) is 0. The largest absolute Gasteiger partial charge is 0.382 e. The highest BCUT2D eigenvalue weighted by molar-refractivity contribution is 5.79. The third-order valence-corrected chi connectivity index (χ3v) is 3.02. The van der Waals surface area contributed by atoms with E-state index in [0.717, 1.165) is 51.9 Å². The molecule has 1 saturated heterocycles. The third-order valence-electron chi connectivity index (χ3n) is 3.02. The summed E-state index contributed by atoms with van der Waals surface area (Å²) >= 11 is 0. The first kappa shape index (κ1) is 17.2. The van der Waals surface area contributed by atoms with Crippen molar-refractivity contribution >= 4 is 5.96 Å². The maximum Gasteiger partial charge on any atom is 0.191 e. The molecule has 1 heterocycles. The number of rotatable bonds is 9. The van der Waals surface area contributed by atoms with Crippen molar-refractivity contribution in [2.24, 2.45) is 4.99 Å². The van der Waals surface area contributed by atoms with Crippen LogP contribution in [0.3, 0.4) is 0 Å². The van der Waals surface area contributed by atoms with Crippen LogP contribution < -0.4 is 10.6 Å². The molecule has 20 heavy (non-hydrogen) atoms. The van der Waals surface area contributed by atoms with Crippen LogP contribution in [-0.2, 0) is 14.2 Å². The fraction of sp³-hybridized carbons (Fsp3) is 0.923. The van der Waals surface area contributed by atoms with Crippen LogP contribution in [0.1, 0.15) is 0 Å². The van der Waals surface area contributed by atoms with Gasteiger partial charge >= 0.3 is 0 Å². The Morgan fingerprint density at radius 3 is 2.60 bits per heavy atom. The van der Waals surface area contributed by atoms with Crippen LogP contribution in [-0.4, -0.2) is 90.8 Å². The van der Waals surface area contributed by atoms with Gasteiger partial charge in [0.05, 0.1) is 33.0 Å². The first-order valence-electron chi connectivity index (χ1n) is 7.18. The van der Waals surface area contributed by atoms with E-state index in [-0.39, 0.29) is 0 Å². The molecule has 1 aliphatic heterocycles. The lowest BCUT2D eigenvalue weighted by atomic mass is 10.4. The fourth-order valence-electron chi connectivity index (χ4n) is 1.86. The molecular formula is C13H28N4O3. The van der Waals surface area contributed by atoms with Gasteiger partial charge in [-0.3, -0.25) is 9.89 Å². The number of hydrogen-bond donors (Lipinski definition) is 2. The second kappa shape index (κ2) is 11.9. The molecular weight excluding hydrogens is 260 g/mol. The average Bonchev–Trinajstić information content (AvgIpc) is 2.50. The first-order chi connectivity index (χ1) is 9.86. The van der Waals surface area contributed by atoms with Gasteiger partial charge in [-0.1, -0.05) is 0 Å². The summed E-state index contributed by atoms with van der Waals surface area (Å²) in [6.45, 7) is 8.24. The van der Waals surface area contributed by atoms with E-state index in [0.29, 0.717) is 19.8 Å². The van der Waals surface area contributed by atoms with Crippen molar-refractivity contribution in [3.8, 4) is 0 Å². The molecule has 0 spiro atoms. The molecule has 0 unspecified atom stereocenters. The van der Waals surface area contributed by atoms with Crippen molar-refractivity contribution in [3.05, 3.63) is 0 Å². The van der Waals surface area contributed by atoms with Gasteiger partial charge < -0.3 is 24.8 Å². The molecule has 0 saturated carbocycles. The molecule has 1 rings (SSSR count). The number of guanidine groups is 1. The van der Waals surface area contributed by atoms with Gasteiger partial charge in [0.1, 0.15) is 0 Å². The topological polar surface area (TPSA) is 67.4 Å². The van der Waals surface area contributed by atoms with Crippen molar-refractivity contribution in [3.63, 3.8) is 0 Å². The Morgan fingerprint density at radius 1 is 1.15 bits per heavy atom. The molecule has 0 aromatic heterocycles. The maximum absolute atomic E-state index is 5.38. The van der Waals surface area contributed by atoms with Crippen molar-refractivity contribution in [1.29, 1.82) is 0 Å². The lowest BCUT2D eigenvalue weighted by Crippen LogP contribution is -2.45. The highest BCUT2D eigenvalue weighted by Gasteiger charge is 2.09. The van der Waals surface area contributed by atoms with Gasteiger partial charge in [0.15, 0.2) is 5.96 Å². The molecule has 118 valence electrons. The van der Waals surface area contributed by atoms with Gasteiger partial charge in [0.25, 0.3) is 0 Å². The summed E-state index contributed by atoms with van der Waals surface area (Å²) in [4.78, 5) is 6.56. The summed E-state index contributed by atoms with van der Waals surface area (Å²) in [6, 6.07) is 0. The summed E-state index contributed by atoms with van der Waals surface area (Å²) in [5.74, 6) is 0.814. The van der Waals surface area contributed by atoms with Crippen LogP contribution in [0.2, 0.25) is 0 Å². The molecule has 0 aromatic rings. The van der Waals surface area contributed by atoms with Crippen LogP contribution in [0, 0.1) is 0 Å². The second-order valence-corrected chi connectivity index (χ2v) is 4.48. The predicted molar refractivity (Wildman–Crippen MR) is 79.3 cm³/mol. The minimum absolute atomic E-state index is 0.626. The Balaban J connectivity index is 1.98. The maximum atomic E-state index is 5.38. The lowest BCUT2D eigenvalue weighted by Gasteiger charge is -2.26. The number of hydrogen-bond acceptors (Lipinski definition) is 5. The quantitative estimate of drug-likeness (QED) is 0.327. The Morgan fingerprint density at radius 2 is 1.90 bits per heavy atom. The fourth-order valence-corrected chi connectivity index (χ4v) is 1.86. The van der Waals surface area contributed by atoms with Crippen LogP contribution in [0.5, 0.6) is 0 Å². The molecule has 7 nitrogen and oxygen atoms in total. The Hall–Kier alpha value is -0.890. The summed E-state index contributed by atoms with van der Waals surface area (Å²) in [7, 11) is 3.44. The van der Waals surface area contributed by atoms with E-state index in [4.69, 9.17) is 14.2 Å². The standard InChI is InChI=1S/C13H28N4O3/c1-14-13(16-4-8-19-12-11-18-2)15-3-5-17-6-9-20-10-7-17/h3-12H2,1-2H3,(H2,14,15,16). The van der Waals surface area contributed by atoms with Gasteiger partial charge in [-0.25, -0.2) is 0 Å². The van der Waals surface area contributed by atoms with E-state index in [9.17, 15) is 0 Å². The first-order valence-corrected chi connectivity index (χ1v) is 7.18. The molecule has 2 N–H and O–H groups in total. The summed E-state index contributed by atoms with van der Waals surface area (Å²) in [6.07, 6.45) is 0. The minimum Gasteiger partial charge on any atom is -0.382 e. The van der Waals surface area contributed by atoms with E-state index in [1.165, 1.54) is 0 Å². The number of nitrogens with zero attached hydrogens (tertiary/aromatic N) is 2. The summed E-state index contributed by atoms with van der Waals surface area (Å²) < 4.78 is 15.6. The zero-order valence-corrected chi connectivity index (χ0v) is 12.7. The molecule has 0 amide bonds. The number of aliphatic imine (C=N–C) groups is 1. The third kappa shape index (κ3) is 8.31. The van der Waals surface area contributed by atoms with Gasteiger partial charge in [-0.15, -0.1) is 0 Å². The van der Waals surface area contributed by atoms with E-state index >= 15 is 0 Å². The summed E-state index contributed by atoms with van der Waals surface area (Å²) in [5, 5.41) is 6.51. The minimum atomic E-state index is 0.626. The van der Waals surface area contributed by atoms with Crippen molar-refractivity contribution < 1.29 is 14.2 Å². The van der Waals surface area contributed by atoms with Crippen molar-refractivity contribution in [2.45, 2.75) is 0 Å². The number of methoxy groups -OCH3 is 1. The Kier molecular flexibility index (Phi) is 10.2. The monoisotopic (exact) mass is 288 g/mol. The Bertz CT molecular complexity index is 258. The zero-order chi connectivity index (χ0) is 14.5. The smallest absolute Gasteiger partial charge is 0.191 e. The van der Waals surface area contributed by atoms with Crippen LogP contribution in [0.15, 0.2) is 4.99 Å². The lowest BCUT2D eigenvalue weighted by molar-refractivity contribution is 0.0389. The number of ether oxygens (including phenoxy) is 3. The number of nitrogens with one attached hydrogen (secondary N) is 2. The molecule has 7 heteroatoms. The average molecular weight is 288 g/mol. The van der Waals surface area contributed by atoms with Crippen molar-refractivity contribution in [1.82, 2.24) is 15.5 Å². The molecule has 0 aromatic carbocycles. The molecule has 1 fully saturated rings. The molecule has 0 bridgehead atoms. The molecule has 0 aliphatic carbocycles. The van der Waals surface area contributed by atoms with Crippen LogP contribution in [0.25, 0.3) is 0 Å². The second-order valence-electron chi connectivity index (χ2n) is 4.48. The van der Waals surface area contributed by atoms with Gasteiger partial charge in [0, 0.05) is 46.9 Å². The van der Waals surface area contributed by atoms with Crippen molar-refractivity contribution in [2.75, 3.05) is 79.9 Å². The SMILES string of the molecule is CN=C(NCCOCCOC)NCCN1CCOCC1. The zero-order valence-electron chi connectivity index (χ0n) is 12.7. The number of morpholine rings is 1.